The number of nitrogens with one attached hydrogen (secondary N) is 2. The molecular weight excluding hydrogens is 382 g/mol. The fourth-order valence-electron chi connectivity index (χ4n) is 4.82. The average molecular weight is 414 g/mol. The fourth-order valence-corrected chi connectivity index (χ4v) is 6.11. The number of hydrogen-bond donors (Lipinski definition) is 2. The summed E-state index contributed by atoms with van der Waals surface area (Å²) in [5.41, 5.74) is 1.05. The highest BCUT2D eigenvalue weighted by molar-refractivity contribution is 8.04. The van der Waals surface area contributed by atoms with Gasteiger partial charge >= 0.3 is 0 Å². The quantitative estimate of drug-likeness (QED) is 0.727. The molecule has 2 N–H and O–H groups in total. The van der Waals surface area contributed by atoms with E-state index in [-0.39, 0.29) is 23.8 Å². The molecule has 3 aliphatic rings. The highest BCUT2D eigenvalue weighted by atomic mass is 32.2. The van der Waals surface area contributed by atoms with Crippen molar-refractivity contribution in [3.63, 3.8) is 0 Å². The maximum Gasteiger partial charge on any atom is 0.257 e. The molecule has 2 aliphatic heterocycles. The SMILES string of the molecule is CCC1CCCN1CNC(=O)C1CCC2S/C(=C\c3ccccc3)C(=O)NC2C1. The molecule has 1 saturated carbocycles. The van der Waals surface area contributed by atoms with Crippen LogP contribution in [-0.4, -0.2) is 47.3 Å². The van der Waals surface area contributed by atoms with E-state index in [1.165, 1.54) is 12.8 Å². The Hall–Kier alpha value is -1.79. The number of carbonyl (C=O) groups excluding carboxylic acids is 2. The number of fused-ring (bicyclic) bond motifs is 1. The van der Waals surface area contributed by atoms with Crippen molar-refractivity contribution in [1.82, 2.24) is 15.5 Å². The van der Waals surface area contributed by atoms with E-state index >= 15 is 0 Å². The third kappa shape index (κ3) is 4.86. The molecule has 5 nitrogen and oxygen atoms in total. The summed E-state index contributed by atoms with van der Waals surface area (Å²) < 4.78 is 0. The van der Waals surface area contributed by atoms with Crippen LogP contribution in [0.25, 0.3) is 6.08 Å². The Bertz CT molecular complexity index is 767. The van der Waals surface area contributed by atoms with E-state index in [2.05, 4.69) is 22.5 Å². The second-order valence-electron chi connectivity index (χ2n) is 8.38. The Labute approximate surface area is 177 Å². The topological polar surface area (TPSA) is 61.4 Å². The number of amides is 2. The van der Waals surface area contributed by atoms with E-state index in [0.717, 1.165) is 42.7 Å². The zero-order chi connectivity index (χ0) is 20.2. The van der Waals surface area contributed by atoms with Gasteiger partial charge in [0.2, 0.25) is 5.91 Å². The zero-order valence-corrected chi connectivity index (χ0v) is 17.9. The molecule has 1 aliphatic carbocycles. The monoisotopic (exact) mass is 413 g/mol. The Kier molecular flexibility index (Phi) is 6.60. The molecule has 1 aromatic rings. The van der Waals surface area contributed by atoms with Gasteiger partial charge in [-0.1, -0.05) is 37.3 Å². The smallest absolute Gasteiger partial charge is 0.257 e. The van der Waals surface area contributed by atoms with Gasteiger partial charge in [0.05, 0.1) is 11.6 Å². The lowest BCUT2D eigenvalue weighted by atomic mass is 9.84. The summed E-state index contributed by atoms with van der Waals surface area (Å²) in [5, 5.41) is 6.69. The van der Waals surface area contributed by atoms with Crippen molar-refractivity contribution in [2.45, 2.75) is 62.8 Å². The highest BCUT2D eigenvalue weighted by Crippen LogP contribution is 2.39. The summed E-state index contributed by atoms with van der Waals surface area (Å²) in [4.78, 5) is 28.5. The third-order valence-corrected chi connectivity index (χ3v) is 7.92. The second-order valence-corrected chi connectivity index (χ2v) is 9.66. The average Bonchev–Trinajstić information content (AvgIpc) is 3.20. The first-order chi connectivity index (χ1) is 14.1. The Morgan fingerprint density at radius 3 is 2.90 bits per heavy atom. The van der Waals surface area contributed by atoms with E-state index in [0.29, 0.717) is 18.0 Å². The van der Waals surface area contributed by atoms with Crippen LogP contribution >= 0.6 is 11.8 Å². The first-order valence-electron chi connectivity index (χ1n) is 10.9. The highest BCUT2D eigenvalue weighted by Gasteiger charge is 2.39. The molecule has 6 heteroatoms. The van der Waals surface area contributed by atoms with Crippen molar-refractivity contribution in [2.24, 2.45) is 5.92 Å². The summed E-state index contributed by atoms with van der Waals surface area (Å²) >= 11 is 1.68. The predicted octanol–water partition coefficient (Wildman–Crippen LogP) is 3.38. The lowest BCUT2D eigenvalue weighted by molar-refractivity contribution is -0.127. The molecule has 29 heavy (non-hydrogen) atoms. The molecule has 0 bridgehead atoms. The van der Waals surface area contributed by atoms with Crippen LogP contribution in [0, 0.1) is 5.92 Å². The van der Waals surface area contributed by atoms with Crippen LogP contribution in [-0.2, 0) is 9.59 Å². The summed E-state index contributed by atoms with van der Waals surface area (Å²) in [7, 11) is 0. The van der Waals surface area contributed by atoms with Crippen LogP contribution in [0.15, 0.2) is 35.2 Å². The first-order valence-corrected chi connectivity index (χ1v) is 11.8. The lowest BCUT2D eigenvalue weighted by Crippen LogP contribution is -2.52. The number of carbonyl (C=O) groups is 2. The van der Waals surface area contributed by atoms with Crippen LogP contribution < -0.4 is 10.6 Å². The maximum absolute atomic E-state index is 12.7. The number of nitrogens with zero attached hydrogens (tertiary/aromatic N) is 1. The summed E-state index contributed by atoms with van der Waals surface area (Å²) in [6.07, 6.45) is 8.17. The fraction of sp³-hybridized carbons (Fsp3) is 0.565. The zero-order valence-electron chi connectivity index (χ0n) is 17.1. The maximum atomic E-state index is 12.7. The standard InChI is InChI=1S/C23H31N3O2S/c1-2-18-9-6-12-26(18)15-24-22(27)17-10-11-20-19(14-17)25-23(28)21(29-20)13-16-7-4-3-5-8-16/h3-5,7-8,13,17-20H,2,6,9-12,14-15H2,1H3,(H,24,27)(H,25,28)/b21-13-. The molecular formula is C23H31N3O2S. The van der Waals surface area contributed by atoms with Crippen molar-refractivity contribution in [3.05, 3.63) is 40.8 Å². The number of rotatable bonds is 5. The van der Waals surface area contributed by atoms with E-state index < -0.39 is 0 Å². The van der Waals surface area contributed by atoms with Crippen LogP contribution in [0.3, 0.4) is 0 Å². The molecule has 0 aromatic heterocycles. The van der Waals surface area contributed by atoms with E-state index in [1.807, 2.05) is 36.4 Å². The second kappa shape index (κ2) is 9.35. The first kappa shape index (κ1) is 20.5. The minimum atomic E-state index is -0.0102. The normalized spacial score (nSPS) is 31.3. The molecule has 4 rings (SSSR count). The molecule has 0 spiro atoms. The minimum Gasteiger partial charge on any atom is -0.348 e. The molecule has 0 radical (unpaired) electrons. The van der Waals surface area contributed by atoms with Gasteiger partial charge in [0.15, 0.2) is 0 Å². The molecule has 4 atom stereocenters. The van der Waals surface area contributed by atoms with Crippen LogP contribution in [0.5, 0.6) is 0 Å². The van der Waals surface area contributed by atoms with Gasteiger partial charge in [-0.2, -0.15) is 0 Å². The van der Waals surface area contributed by atoms with Gasteiger partial charge in [0.25, 0.3) is 5.91 Å². The van der Waals surface area contributed by atoms with Crippen molar-refractivity contribution in [1.29, 1.82) is 0 Å². The van der Waals surface area contributed by atoms with Crippen LogP contribution in [0.2, 0.25) is 0 Å². The van der Waals surface area contributed by atoms with E-state index in [4.69, 9.17) is 0 Å². The van der Waals surface area contributed by atoms with Crippen molar-refractivity contribution >= 4 is 29.7 Å². The lowest BCUT2D eigenvalue weighted by Gasteiger charge is -2.39. The molecule has 2 amide bonds. The summed E-state index contributed by atoms with van der Waals surface area (Å²) in [6.45, 7) is 3.96. The van der Waals surface area contributed by atoms with Gasteiger partial charge in [0.1, 0.15) is 0 Å². The number of hydrogen-bond acceptors (Lipinski definition) is 4. The number of likely N-dealkylation sites (tertiary alicyclic amines) is 1. The molecule has 1 aromatic carbocycles. The summed E-state index contributed by atoms with van der Waals surface area (Å²) in [6, 6.07) is 10.7. The van der Waals surface area contributed by atoms with Gasteiger partial charge in [-0.05, 0) is 50.2 Å². The summed E-state index contributed by atoms with van der Waals surface area (Å²) in [5.74, 6) is 0.138. The Morgan fingerprint density at radius 2 is 2.10 bits per heavy atom. The van der Waals surface area contributed by atoms with Gasteiger partial charge in [-0.15, -0.1) is 11.8 Å². The predicted molar refractivity (Wildman–Crippen MR) is 118 cm³/mol. The Balaban J connectivity index is 1.31. The molecule has 2 heterocycles. The third-order valence-electron chi connectivity index (χ3n) is 6.50. The molecule has 4 unspecified atom stereocenters. The van der Waals surface area contributed by atoms with Gasteiger partial charge in [-0.25, -0.2) is 0 Å². The molecule has 3 fully saturated rings. The minimum absolute atomic E-state index is 0.000479. The van der Waals surface area contributed by atoms with Crippen LogP contribution in [0.4, 0.5) is 0 Å². The van der Waals surface area contributed by atoms with Gasteiger partial charge in [0, 0.05) is 29.8 Å². The van der Waals surface area contributed by atoms with E-state index in [1.54, 1.807) is 11.8 Å². The van der Waals surface area contributed by atoms with Gasteiger partial charge < -0.3 is 10.6 Å². The van der Waals surface area contributed by atoms with Crippen molar-refractivity contribution in [3.8, 4) is 0 Å². The largest absolute Gasteiger partial charge is 0.348 e. The Morgan fingerprint density at radius 1 is 1.28 bits per heavy atom. The van der Waals surface area contributed by atoms with Crippen molar-refractivity contribution in [2.75, 3.05) is 13.2 Å². The molecule has 156 valence electrons. The van der Waals surface area contributed by atoms with Crippen molar-refractivity contribution < 1.29 is 9.59 Å². The molecule has 2 saturated heterocycles. The number of benzene rings is 1. The number of thioether (sulfide) groups is 1. The van der Waals surface area contributed by atoms with Gasteiger partial charge in [-0.3, -0.25) is 14.5 Å². The van der Waals surface area contributed by atoms with Crippen LogP contribution in [0.1, 0.15) is 51.0 Å². The van der Waals surface area contributed by atoms with E-state index in [9.17, 15) is 9.59 Å².